The predicted molar refractivity (Wildman–Crippen MR) is 74.4 cm³/mol. The van der Waals surface area contributed by atoms with Crippen molar-refractivity contribution in [2.75, 3.05) is 11.9 Å². The van der Waals surface area contributed by atoms with Crippen LogP contribution in [-0.4, -0.2) is 34.3 Å². The molecular formula is C13H21N5O. The molecule has 0 radical (unpaired) electrons. The molecule has 6 heteroatoms. The number of amidine groups is 1. The predicted octanol–water partition coefficient (Wildman–Crippen LogP) is 1.73. The molecule has 0 atom stereocenters. The highest BCUT2D eigenvalue weighted by molar-refractivity contribution is 6.01. The highest BCUT2D eigenvalue weighted by Crippen LogP contribution is 2.25. The first-order chi connectivity index (χ1) is 9.24. The van der Waals surface area contributed by atoms with Gasteiger partial charge in [0.2, 0.25) is 0 Å². The molecule has 1 heterocycles. The van der Waals surface area contributed by atoms with Gasteiger partial charge in [0.15, 0.2) is 11.7 Å². The number of hydrogen-bond donors (Lipinski definition) is 2. The molecule has 1 aromatic heterocycles. The molecule has 2 rings (SSSR count). The van der Waals surface area contributed by atoms with Crippen LogP contribution in [0, 0.1) is 0 Å². The van der Waals surface area contributed by atoms with Crippen LogP contribution in [0.2, 0.25) is 0 Å². The number of nitrogens with zero attached hydrogens (tertiary/aromatic N) is 4. The molecule has 0 unspecified atom stereocenters. The summed E-state index contributed by atoms with van der Waals surface area (Å²) in [5.41, 5.74) is 6.33. The van der Waals surface area contributed by atoms with Crippen LogP contribution in [0.3, 0.4) is 0 Å². The molecule has 0 saturated heterocycles. The monoisotopic (exact) mass is 263 g/mol. The van der Waals surface area contributed by atoms with E-state index in [1.54, 1.807) is 12.3 Å². The van der Waals surface area contributed by atoms with E-state index in [0.717, 1.165) is 12.8 Å². The molecule has 3 N–H and O–H groups in total. The Morgan fingerprint density at radius 2 is 2.05 bits per heavy atom. The molecule has 1 aliphatic carbocycles. The molecule has 19 heavy (non-hydrogen) atoms. The van der Waals surface area contributed by atoms with Crippen LogP contribution in [0.4, 0.5) is 5.82 Å². The minimum atomic E-state index is 0.0744. The third kappa shape index (κ3) is 3.13. The Bertz CT molecular complexity index is 440. The first-order valence-corrected chi connectivity index (χ1v) is 6.76. The van der Waals surface area contributed by atoms with E-state index in [2.05, 4.69) is 20.3 Å². The smallest absolute Gasteiger partial charge is 0.173 e. The summed E-state index contributed by atoms with van der Waals surface area (Å²) < 4.78 is 0. The van der Waals surface area contributed by atoms with E-state index in [1.807, 2.05) is 7.05 Å². The quantitative estimate of drug-likeness (QED) is 0.285. The molecule has 0 aromatic carbocycles. The number of hydrogen-bond acceptors (Lipinski definition) is 5. The van der Waals surface area contributed by atoms with Crippen molar-refractivity contribution in [3.63, 3.8) is 0 Å². The lowest BCUT2D eigenvalue weighted by Crippen LogP contribution is -2.34. The highest BCUT2D eigenvalue weighted by Gasteiger charge is 2.21. The summed E-state index contributed by atoms with van der Waals surface area (Å²) in [5.74, 6) is 0.759. The lowest BCUT2D eigenvalue weighted by Gasteiger charge is -2.29. The largest absolute Gasteiger partial charge is 0.409 e. The van der Waals surface area contributed by atoms with E-state index in [0.29, 0.717) is 17.4 Å². The molecule has 1 saturated carbocycles. The topological polar surface area (TPSA) is 87.6 Å². The van der Waals surface area contributed by atoms with Gasteiger partial charge in [-0.3, -0.25) is 0 Å². The Balaban J connectivity index is 2.24. The maximum atomic E-state index is 8.85. The van der Waals surface area contributed by atoms with Gasteiger partial charge in [-0.15, -0.1) is 5.10 Å². The molecule has 1 fully saturated rings. The molecule has 1 aliphatic rings. The summed E-state index contributed by atoms with van der Waals surface area (Å²) >= 11 is 0. The maximum absolute atomic E-state index is 8.85. The molecule has 0 amide bonds. The Morgan fingerprint density at radius 3 is 2.68 bits per heavy atom. The standard InChI is InChI=1S/C13H21N5O/c1-18(10-6-4-2-3-5-7-10)13-11(12(14)17-19)8-9-15-16-13/h8-10,19H,2-7H2,1H3,(H2,14,17). The summed E-state index contributed by atoms with van der Waals surface area (Å²) in [7, 11) is 2.01. The zero-order valence-electron chi connectivity index (χ0n) is 11.3. The molecule has 0 spiro atoms. The van der Waals surface area contributed by atoms with E-state index < -0.39 is 0 Å². The number of aromatic nitrogens is 2. The third-order valence-corrected chi connectivity index (χ3v) is 3.79. The van der Waals surface area contributed by atoms with Gasteiger partial charge in [0.1, 0.15) is 0 Å². The van der Waals surface area contributed by atoms with Crippen molar-refractivity contribution in [1.82, 2.24) is 10.2 Å². The Kier molecular flexibility index (Phi) is 4.54. The summed E-state index contributed by atoms with van der Waals surface area (Å²) in [6.45, 7) is 0. The average Bonchev–Trinajstić information content (AvgIpc) is 2.74. The van der Waals surface area contributed by atoms with E-state index in [9.17, 15) is 0 Å². The van der Waals surface area contributed by atoms with Crippen LogP contribution in [0.15, 0.2) is 17.4 Å². The summed E-state index contributed by atoms with van der Waals surface area (Å²) in [4.78, 5) is 2.12. The first kappa shape index (κ1) is 13.6. The van der Waals surface area contributed by atoms with E-state index >= 15 is 0 Å². The fourth-order valence-electron chi connectivity index (χ4n) is 2.66. The zero-order valence-corrected chi connectivity index (χ0v) is 11.3. The van der Waals surface area contributed by atoms with Crippen molar-refractivity contribution < 1.29 is 5.21 Å². The van der Waals surface area contributed by atoms with E-state index in [-0.39, 0.29) is 5.84 Å². The van der Waals surface area contributed by atoms with Crippen molar-refractivity contribution in [1.29, 1.82) is 0 Å². The molecule has 1 aromatic rings. The maximum Gasteiger partial charge on any atom is 0.173 e. The average molecular weight is 263 g/mol. The van der Waals surface area contributed by atoms with Crippen molar-refractivity contribution in [2.24, 2.45) is 10.9 Å². The molecule has 0 aliphatic heterocycles. The first-order valence-electron chi connectivity index (χ1n) is 6.76. The van der Waals surface area contributed by atoms with Gasteiger partial charge in [0.25, 0.3) is 0 Å². The van der Waals surface area contributed by atoms with Crippen LogP contribution < -0.4 is 10.6 Å². The van der Waals surface area contributed by atoms with Gasteiger partial charge < -0.3 is 15.8 Å². The molecule has 104 valence electrons. The minimum absolute atomic E-state index is 0.0744. The summed E-state index contributed by atoms with van der Waals surface area (Å²) in [6.07, 6.45) is 8.96. The minimum Gasteiger partial charge on any atom is -0.409 e. The number of nitrogens with two attached hydrogens (primary N) is 1. The van der Waals surface area contributed by atoms with E-state index in [1.165, 1.54) is 25.7 Å². The van der Waals surface area contributed by atoms with Crippen LogP contribution in [-0.2, 0) is 0 Å². The van der Waals surface area contributed by atoms with Crippen LogP contribution in [0.1, 0.15) is 44.1 Å². The van der Waals surface area contributed by atoms with Crippen molar-refractivity contribution >= 4 is 11.7 Å². The molecule has 6 nitrogen and oxygen atoms in total. The van der Waals surface area contributed by atoms with Crippen LogP contribution in [0.25, 0.3) is 0 Å². The highest BCUT2D eigenvalue weighted by atomic mass is 16.4. The van der Waals surface area contributed by atoms with Crippen LogP contribution >= 0.6 is 0 Å². The van der Waals surface area contributed by atoms with Gasteiger partial charge >= 0.3 is 0 Å². The fourth-order valence-corrected chi connectivity index (χ4v) is 2.66. The van der Waals surface area contributed by atoms with Gasteiger partial charge in [0, 0.05) is 13.1 Å². The van der Waals surface area contributed by atoms with Gasteiger partial charge in [-0.25, -0.2) is 0 Å². The van der Waals surface area contributed by atoms with Gasteiger partial charge in [-0.05, 0) is 18.9 Å². The van der Waals surface area contributed by atoms with Gasteiger partial charge in [-0.2, -0.15) is 5.10 Å². The summed E-state index contributed by atoms with van der Waals surface area (Å²) in [5, 5.41) is 20.0. The molecular weight excluding hydrogens is 242 g/mol. The molecule has 0 bridgehead atoms. The van der Waals surface area contributed by atoms with Crippen molar-refractivity contribution in [3.05, 3.63) is 17.8 Å². The van der Waals surface area contributed by atoms with Gasteiger partial charge in [0.05, 0.1) is 11.8 Å². The van der Waals surface area contributed by atoms with Gasteiger partial charge in [-0.1, -0.05) is 30.8 Å². The zero-order chi connectivity index (χ0) is 13.7. The number of oxime groups is 1. The normalized spacial score (nSPS) is 18.1. The lowest BCUT2D eigenvalue weighted by atomic mass is 10.1. The second-order valence-corrected chi connectivity index (χ2v) is 5.01. The Hall–Kier alpha value is -1.85. The second-order valence-electron chi connectivity index (χ2n) is 5.01. The van der Waals surface area contributed by atoms with E-state index in [4.69, 9.17) is 10.9 Å². The summed E-state index contributed by atoms with van der Waals surface area (Å²) in [6, 6.07) is 2.18. The van der Waals surface area contributed by atoms with Crippen LogP contribution in [0.5, 0.6) is 0 Å². The SMILES string of the molecule is CN(c1nnccc1/C(N)=N/O)C1CCCCCC1. The second kappa shape index (κ2) is 6.36. The number of anilines is 1. The van der Waals surface area contributed by atoms with Crippen molar-refractivity contribution in [2.45, 2.75) is 44.6 Å². The van der Waals surface area contributed by atoms with Crippen molar-refractivity contribution in [3.8, 4) is 0 Å². The number of rotatable bonds is 3. The Morgan fingerprint density at radius 1 is 1.37 bits per heavy atom. The third-order valence-electron chi connectivity index (χ3n) is 3.79. The fraction of sp³-hybridized carbons (Fsp3) is 0.615. The lowest BCUT2D eigenvalue weighted by molar-refractivity contribution is 0.318. The Labute approximate surface area is 113 Å².